The maximum absolute atomic E-state index is 12.5. The normalized spacial score (nSPS) is 14.0. The highest BCUT2D eigenvalue weighted by atomic mass is 32.1. The Morgan fingerprint density at radius 2 is 1.78 bits per heavy atom. The number of hydrogen-bond acceptors (Lipinski definition) is 5. The molecule has 0 aliphatic heterocycles. The fourth-order valence-corrected chi connectivity index (χ4v) is 3.67. The predicted molar refractivity (Wildman–Crippen MR) is 127 cm³/mol. The van der Waals surface area contributed by atoms with Gasteiger partial charge in [0.15, 0.2) is 5.11 Å². The lowest BCUT2D eigenvalue weighted by Gasteiger charge is -2.22. The summed E-state index contributed by atoms with van der Waals surface area (Å²) in [4.78, 5) is 34.8. The van der Waals surface area contributed by atoms with Gasteiger partial charge >= 0.3 is 0 Å². The summed E-state index contributed by atoms with van der Waals surface area (Å²) in [5, 5.41) is 19.3. The fourth-order valence-electron chi connectivity index (χ4n) is 3.45. The van der Waals surface area contributed by atoms with E-state index < -0.39 is 10.8 Å². The molecule has 0 bridgehead atoms. The van der Waals surface area contributed by atoms with Gasteiger partial charge in [0.05, 0.1) is 4.92 Å². The van der Waals surface area contributed by atoms with Crippen LogP contribution in [0.25, 0.3) is 6.08 Å². The van der Waals surface area contributed by atoms with Crippen molar-refractivity contribution in [3.63, 3.8) is 0 Å². The van der Waals surface area contributed by atoms with Gasteiger partial charge in [-0.25, -0.2) is 0 Å². The zero-order valence-electron chi connectivity index (χ0n) is 17.4. The molecule has 1 fully saturated rings. The van der Waals surface area contributed by atoms with Crippen LogP contribution in [0.15, 0.2) is 54.6 Å². The van der Waals surface area contributed by atoms with Crippen LogP contribution >= 0.6 is 12.2 Å². The highest BCUT2D eigenvalue weighted by Crippen LogP contribution is 2.18. The third-order valence-electron chi connectivity index (χ3n) is 5.09. The van der Waals surface area contributed by atoms with Gasteiger partial charge in [-0.3, -0.25) is 25.0 Å². The van der Waals surface area contributed by atoms with Crippen molar-refractivity contribution >= 4 is 46.6 Å². The highest BCUT2D eigenvalue weighted by Gasteiger charge is 2.17. The van der Waals surface area contributed by atoms with Crippen LogP contribution in [0.3, 0.4) is 0 Å². The minimum atomic E-state index is -0.487. The maximum Gasteiger partial charge on any atom is 0.269 e. The standard InChI is InChI=1S/C23H24N4O4S/c28-21(14-11-16-9-12-20(13-10-16)27(30)31)26-23(32)25-19-8-4-5-17(15-19)22(29)24-18-6-2-1-3-7-18/h4-5,8-15,18H,1-3,6-7H2,(H,24,29)(H2,25,26,28,32)/b14-11+. The predicted octanol–water partition coefficient (Wildman–Crippen LogP) is 4.18. The molecule has 0 spiro atoms. The van der Waals surface area contributed by atoms with Crippen molar-refractivity contribution in [3.05, 3.63) is 75.8 Å². The van der Waals surface area contributed by atoms with Gasteiger partial charge in [0.2, 0.25) is 5.91 Å². The summed E-state index contributed by atoms with van der Waals surface area (Å²) in [5.41, 5.74) is 1.73. The van der Waals surface area contributed by atoms with Crippen molar-refractivity contribution in [2.75, 3.05) is 5.32 Å². The number of rotatable bonds is 6. The second-order valence-corrected chi connectivity index (χ2v) is 7.92. The summed E-state index contributed by atoms with van der Waals surface area (Å²) < 4.78 is 0. The lowest BCUT2D eigenvalue weighted by molar-refractivity contribution is -0.384. The summed E-state index contributed by atoms with van der Waals surface area (Å²) >= 11 is 5.18. The number of nitrogens with one attached hydrogen (secondary N) is 3. The molecule has 1 aliphatic rings. The second kappa shape index (κ2) is 11.1. The van der Waals surface area contributed by atoms with Crippen LogP contribution in [0.2, 0.25) is 0 Å². The zero-order chi connectivity index (χ0) is 22.9. The number of amides is 2. The quantitative estimate of drug-likeness (QED) is 0.262. The highest BCUT2D eigenvalue weighted by molar-refractivity contribution is 7.80. The molecule has 166 valence electrons. The van der Waals surface area contributed by atoms with Crippen molar-refractivity contribution in [1.29, 1.82) is 0 Å². The SMILES string of the molecule is O=C(/C=C/c1ccc([N+](=O)[O-])cc1)NC(=S)Nc1cccc(C(=O)NC2CCCCC2)c1. The van der Waals surface area contributed by atoms with Gasteiger partial charge in [0.25, 0.3) is 11.6 Å². The van der Waals surface area contributed by atoms with Crippen molar-refractivity contribution in [2.45, 2.75) is 38.1 Å². The molecule has 1 aliphatic carbocycles. The third-order valence-corrected chi connectivity index (χ3v) is 5.29. The van der Waals surface area contributed by atoms with Gasteiger partial charge in [-0.05, 0) is 67.0 Å². The Bertz CT molecular complexity index is 1030. The Balaban J connectivity index is 1.51. The lowest BCUT2D eigenvalue weighted by atomic mass is 9.95. The van der Waals surface area contributed by atoms with Gasteiger partial charge < -0.3 is 10.6 Å². The number of anilines is 1. The Morgan fingerprint density at radius 3 is 2.47 bits per heavy atom. The van der Waals surface area contributed by atoms with Crippen LogP contribution in [0, 0.1) is 10.1 Å². The first-order valence-electron chi connectivity index (χ1n) is 10.4. The number of benzene rings is 2. The molecule has 3 rings (SSSR count). The van der Waals surface area contributed by atoms with Crippen LogP contribution in [-0.4, -0.2) is 27.9 Å². The fraction of sp³-hybridized carbons (Fsp3) is 0.261. The van der Waals surface area contributed by atoms with Gasteiger partial charge in [-0.1, -0.05) is 25.3 Å². The summed E-state index contributed by atoms with van der Waals surface area (Å²) in [6.07, 6.45) is 8.32. The number of thiocarbonyl (C=S) groups is 1. The summed E-state index contributed by atoms with van der Waals surface area (Å²) in [7, 11) is 0. The first kappa shape index (κ1) is 23.1. The second-order valence-electron chi connectivity index (χ2n) is 7.51. The Labute approximate surface area is 191 Å². The minimum Gasteiger partial charge on any atom is -0.349 e. The lowest BCUT2D eigenvalue weighted by Crippen LogP contribution is -2.36. The monoisotopic (exact) mass is 452 g/mol. The van der Waals surface area contributed by atoms with E-state index in [1.807, 2.05) is 0 Å². The van der Waals surface area contributed by atoms with Crippen LogP contribution in [0.5, 0.6) is 0 Å². The minimum absolute atomic E-state index is 0.0216. The number of nitro groups is 1. The molecule has 32 heavy (non-hydrogen) atoms. The van der Waals surface area contributed by atoms with E-state index in [-0.39, 0.29) is 22.7 Å². The number of carbonyl (C=O) groups excluding carboxylic acids is 2. The molecule has 0 aromatic heterocycles. The average Bonchev–Trinajstić information content (AvgIpc) is 2.78. The first-order valence-corrected chi connectivity index (χ1v) is 10.8. The zero-order valence-corrected chi connectivity index (χ0v) is 18.2. The van der Waals surface area contributed by atoms with Gasteiger partial charge in [-0.2, -0.15) is 0 Å². The molecule has 0 atom stereocenters. The molecule has 1 saturated carbocycles. The van der Waals surface area contributed by atoms with Gasteiger partial charge in [-0.15, -0.1) is 0 Å². The Morgan fingerprint density at radius 1 is 1.06 bits per heavy atom. The van der Waals surface area contributed by atoms with Gasteiger partial charge in [0.1, 0.15) is 0 Å². The summed E-state index contributed by atoms with van der Waals surface area (Å²) in [5.74, 6) is -0.575. The topological polar surface area (TPSA) is 113 Å². The molecule has 0 heterocycles. The average molecular weight is 453 g/mol. The van der Waals surface area contributed by atoms with Crippen LogP contribution < -0.4 is 16.0 Å². The van der Waals surface area contributed by atoms with Crippen molar-refractivity contribution in [3.8, 4) is 0 Å². The van der Waals surface area contributed by atoms with E-state index in [9.17, 15) is 19.7 Å². The number of nitrogens with zero attached hydrogens (tertiary/aromatic N) is 1. The molecule has 0 radical (unpaired) electrons. The molecule has 0 saturated heterocycles. The van der Waals surface area contributed by atoms with Crippen molar-refractivity contribution in [1.82, 2.24) is 10.6 Å². The molecular formula is C23H24N4O4S. The molecule has 2 aromatic rings. The van der Waals surface area contributed by atoms with Gasteiger partial charge in [0, 0.05) is 35.5 Å². The Kier molecular flexibility index (Phi) is 8.04. The molecular weight excluding hydrogens is 428 g/mol. The summed E-state index contributed by atoms with van der Waals surface area (Å²) in [6, 6.07) is 12.9. The number of carbonyl (C=O) groups is 2. The molecule has 2 amide bonds. The number of non-ortho nitro benzene ring substituents is 1. The van der Waals surface area contributed by atoms with E-state index in [2.05, 4.69) is 16.0 Å². The third kappa shape index (κ3) is 6.98. The van der Waals surface area contributed by atoms with E-state index in [0.717, 1.165) is 25.7 Å². The first-order chi connectivity index (χ1) is 15.4. The van der Waals surface area contributed by atoms with Crippen LogP contribution in [0.1, 0.15) is 48.0 Å². The van der Waals surface area contributed by atoms with Crippen molar-refractivity contribution in [2.24, 2.45) is 0 Å². The van der Waals surface area contributed by atoms with Crippen molar-refractivity contribution < 1.29 is 14.5 Å². The van der Waals surface area contributed by atoms with E-state index in [0.29, 0.717) is 16.8 Å². The van der Waals surface area contributed by atoms with E-state index in [1.54, 1.807) is 36.4 Å². The van der Waals surface area contributed by atoms with E-state index in [1.165, 1.54) is 30.7 Å². The Hall–Kier alpha value is -3.59. The van der Waals surface area contributed by atoms with Crippen LogP contribution in [0.4, 0.5) is 11.4 Å². The molecule has 8 nitrogen and oxygen atoms in total. The molecule has 9 heteroatoms. The maximum atomic E-state index is 12.5. The summed E-state index contributed by atoms with van der Waals surface area (Å²) in [6.45, 7) is 0. The smallest absolute Gasteiger partial charge is 0.269 e. The van der Waals surface area contributed by atoms with Crippen LogP contribution in [-0.2, 0) is 4.79 Å². The van der Waals surface area contributed by atoms with E-state index in [4.69, 9.17) is 12.2 Å². The molecule has 2 aromatic carbocycles. The molecule has 3 N–H and O–H groups in total. The largest absolute Gasteiger partial charge is 0.349 e. The number of nitro benzene ring substituents is 1. The molecule has 0 unspecified atom stereocenters. The number of hydrogen-bond donors (Lipinski definition) is 3. The van der Waals surface area contributed by atoms with E-state index >= 15 is 0 Å².